The maximum absolute atomic E-state index is 12.0. The Morgan fingerprint density at radius 2 is 1.94 bits per heavy atom. The summed E-state index contributed by atoms with van der Waals surface area (Å²) in [5.41, 5.74) is 2.24. The second-order valence-electron chi connectivity index (χ2n) is 8.99. The molecule has 2 aliphatic rings. The number of nitrogens with zero attached hydrogens (tertiary/aromatic N) is 5. The molecule has 2 aromatic heterocycles. The summed E-state index contributed by atoms with van der Waals surface area (Å²) < 4.78 is 35.2. The Balaban J connectivity index is 1.43. The zero-order valence-corrected chi connectivity index (χ0v) is 20.0. The number of piperidine rings is 1. The van der Waals surface area contributed by atoms with E-state index in [0.717, 1.165) is 62.5 Å². The number of sulfonamides is 1. The van der Waals surface area contributed by atoms with Gasteiger partial charge in [0.05, 0.1) is 30.7 Å². The Hall–Kier alpha value is -2.04. The molecule has 0 amide bonds. The van der Waals surface area contributed by atoms with E-state index in [0.29, 0.717) is 12.5 Å². The SMILES string of the molecule is CCC(C)c1cc2n(n1)C(COC1CCN(c3ncccn3)CC1)C(NS(C)(=O)=O)CC2. The summed E-state index contributed by atoms with van der Waals surface area (Å²) in [7, 11) is -3.32. The average molecular weight is 463 g/mol. The molecule has 1 saturated heterocycles. The lowest BCUT2D eigenvalue weighted by atomic mass is 9.97. The fraction of sp³-hybridized carbons (Fsp3) is 0.682. The third-order valence-electron chi connectivity index (χ3n) is 6.58. The molecule has 0 saturated carbocycles. The zero-order chi connectivity index (χ0) is 22.7. The molecule has 0 spiro atoms. The van der Waals surface area contributed by atoms with Crippen LogP contribution in [0.2, 0.25) is 0 Å². The van der Waals surface area contributed by atoms with Crippen molar-refractivity contribution in [2.45, 2.75) is 70.1 Å². The number of fused-ring (bicyclic) bond motifs is 1. The lowest BCUT2D eigenvalue weighted by Crippen LogP contribution is -2.47. The lowest BCUT2D eigenvalue weighted by Gasteiger charge is -2.36. The summed E-state index contributed by atoms with van der Waals surface area (Å²) in [6.07, 6.45) is 9.22. The number of nitrogens with one attached hydrogen (secondary N) is 1. The van der Waals surface area contributed by atoms with E-state index < -0.39 is 10.0 Å². The Kier molecular flexibility index (Phi) is 7.11. The van der Waals surface area contributed by atoms with Crippen LogP contribution in [-0.2, 0) is 21.2 Å². The number of hydrogen-bond donors (Lipinski definition) is 1. The van der Waals surface area contributed by atoms with Crippen molar-refractivity contribution in [3.63, 3.8) is 0 Å². The number of aromatic nitrogens is 4. The first-order valence-electron chi connectivity index (χ1n) is 11.5. The van der Waals surface area contributed by atoms with Gasteiger partial charge in [0.25, 0.3) is 0 Å². The van der Waals surface area contributed by atoms with Crippen molar-refractivity contribution in [2.24, 2.45) is 0 Å². The smallest absolute Gasteiger partial charge is 0.225 e. The molecule has 176 valence electrons. The fourth-order valence-electron chi connectivity index (χ4n) is 4.56. The molecule has 4 rings (SSSR count). The molecular formula is C22H34N6O3S. The Morgan fingerprint density at radius 3 is 2.59 bits per heavy atom. The molecule has 9 nitrogen and oxygen atoms in total. The van der Waals surface area contributed by atoms with E-state index >= 15 is 0 Å². The highest BCUT2D eigenvalue weighted by molar-refractivity contribution is 7.88. The Labute approximate surface area is 190 Å². The molecule has 3 atom stereocenters. The van der Waals surface area contributed by atoms with Crippen LogP contribution in [0.5, 0.6) is 0 Å². The van der Waals surface area contributed by atoms with Crippen molar-refractivity contribution in [1.29, 1.82) is 0 Å². The average Bonchev–Trinajstić information content (AvgIpc) is 3.22. The van der Waals surface area contributed by atoms with Gasteiger partial charge in [-0.15, -0.1) is 0 Å². The largest absolute Gasteiger partial charge is 0.376 e. The monoisotopic (exact) mass is 462 g/mol. The standard InChI is InChI=1S/C22H34N6O3S/c1-4-16(2)20-14-17-6-7-19(26-32(3,29)30)21(28(17)25-20)15-31-18-8-12-27(13-9-18)22-23-10-5-11-24-22/h5,10-11,14,16,18-19,21,26H,4,6-9,12-13,15H2,1-3H3. The van der Waals surface area contributed by atoms with Gasteiger partial charge in [-0.2, -0.15) is 5.10 Å². The molecule has 4 heterocycles. The minimum absolute atomic E-state index is 0.129. The molecule has 32 heavy (non-hydrogen) atoms. The maximum Gasteiger partial charge on any atom is 0.225 e. The summed E-state index contributed by atoms with van der Waals surface area (Å²) >= 11 is 0. The maximum atomic E-state index is 12.0. The predicted octanol–water partition coefficient (Wildman–Crippen LogP) is 2.28. The van der Waals surface area contributed by atoms with Gasteiger partial charge in [0.1, 0.15) is 0 Å². The van der Waals surface area contributed by atoms with Crippen LogP contribution in [-0.4, -0.2) is 66.3 Å². The predicted molar refractivity (Wildman–Crippen MR) is 123 cm³/mol. The van der Waals surface area contributed by atoms with Gasteiger partial charge in [-0.25, -0.2) is 23.1 Å². The second kappa shape index (κ2) is 9.84. The van der Waals surface area contributed by atoms with Crippen LogP contribution in [0.15, 0.2) is 24.5 Å². The molecular weight excluding hydrogens is 428 g/mol. The normalized spacial score (nSPS) is 23.2. The van der Waals surface area contributed by atoms with Crippen LogP contribution >= 0.6 is 0 Å². The van der Waals surface area contributed by atoms with E-state index in [1.807, 2.05) is 10.7 Å². The zero-order valence-electron chi connectivity index (χ0n) is 19.1. The Morgan fingerprint density at radius 1 is 1.22 bits per heavy atom. The number of anilines is 1. The van der Waals surface area contributed by atoms with E-state index in [4.69, 9.17) is 9.84 Å². The minimum atomic E-state index is -3.32. The fourth-order valence-corrected chi connectivity index (χ4v) is 5.38. The Bertz CT molecular complexity index is 988. The molecule has 0 radical (unpaired) electrons. The van der Waals surface area contributed by atoms with Crippen molar-refractivity contribution in [1.82, 2.24) is 24.5 Å². The van der Waals surface area contributed by atoms with Crippen LogP contribution in [0.25, 0.3) is 0 Å². The molecule has 1 fully saturated rings. The number of aryl methyl sites for hydroxylation is 1. The van der Waals surface area contributed by atoms with E-state index in [9.17, 15) is 8.42 Å². The quantitative estimate of drug-likeness (QED) is 0.642. The van der Waals surface area contributed by atoms with Crippen LogP contribution in [0.1, 0.15) is 62.9 Å². The van der Waals surface area contributed by atoms with Crippen molar-refractivity contribution in [2.75, 3.05) is 30.9 Å². The summed E-state index contributed by atoms with van der Waals surface area (Å²) in [5.74, 6) is 1.13. The van der Waals surface area contributed by atoms with Crippen LogP contribution in [0.4, 0.5) is 5.95 Å². The topological polar surface area (TPSA) is 102 Å². The van der Waals surface area contributed by atoms with Gasteiger partial charge in [0, 0.05) is 37.2 Å². The summed E-state index contributed by atoms with van der Waals surface area (Å²) in [6.45, 7) is 6.46. The number of rotatable bonds is 8. The highest BCUT2D eigenvalue weighted by atomic mass is 32.2. The van der Waals surface area contributed by atoms with Gasteiger partial charge in [0.15, 0.2) is 0 Å². The number of hydrogen-bond acceptors (Lipinski definition) is 7. The molecule has 2 aromatic rings. The second-order valence-corrected chi connectivity index (χ2v) is 10.8. The van der Waals surface area contributed by atoms with Gasteiger partial charge in [-0.3, -0.25) is 4.68 Å². The summed E-state index contributed by atoms with van der Waals surface area (Å²) in [4.78, 5) is 10.9. The molecule has 10 heteroatoms. The minimum Gasteiger partial charge on any atom is -0.376 e. The van der Waals surface area contributed by atoms with Crippen molar-refractivity contribution in [3.05, 3.63) is 35.9 Å². The van der Waals surface area contributed by atoms with Gasteiger partial charge >= 0.3 is 0 Å². The van der Waals surface area contributed by atoms with E-state index in [1.165, 1.54) is 6.26 Å². The third-order valence-corrected chi connectivity index (χ3v) is 7.32. The van der Waals surface area contributed by atoms with Crippen LogP contribution in [0.3, 0.4) is 0 Å². The summed E-state index contributed by atoms with van der Waals surface area (Å²) in [6, 6.07) is 3.62. The first-order chi connectivity index (χ1) is 15.3. The highest BCUT2D eigenvalue weighted by Crippen LogP contribution is 2.30. The van der Waals surface area contributed by atoms with E-state index in [2.05, 4.69) is 39.5 Å². The van der Waals surface area contributed by atoms with Gasteiger partial charge in [-0.1, -0.05) is 13.8 Å². The lowest BCUT2D eigenvalue weighted by molar-refractivity contribution is 0.00597. The van der Waals surface area contributed by atoms with Crippen LogP contribution in [0, 0.1) is 0 Å². The first kappa shape index (κ1) is 23.1. The van der Waals surface area contributed by atoms with Crippen molar-refractivity contribution < 1.29 is 13.2 Å². The van der Waals surface area contributed by atoms with Gasteiger partial charge in [0.2, 0.25) is 16.0 Å². The molecule has 3 unspecified atom stereocenters. The van der Waals surface area contributed by atoms with Crippen molar-refractivity contribution >= 4 is 16.0 Å². The first-order valence-corrected chi connectivity index (χ1v) is 13.4. The van der Waals surface area contributed by atoms with E-state index in [1.54, 1.807) is 12.4 Å². The molecule has 2 aliphatic heterocycles. The van der Waals surface area contributed by atoms with Crippen LogP contribution < -0.4 is 9.62 Å². The molecule has 1 N–H and O–H groups in total. The molecule has 0 aliphatic carbocycles. The van der Waals surface area contributed by atoms with Gasteiger partial charge in [-0.05, 0) is 50.2 Å². The van der Waals surface area contributed by atoms with Gasteiger partial charge < -0.3 is 9.64 Å². The third kappa shape index (κ3) is 5.47. The molecule has 0 aromatic carbocycles. The highest BCUT2D eigenvalue weighted by Gasteiger charge is 2.34. The van der Waals surface area contributed by atoms with E-state index in [-0.39, 0.29) is 18.2 Å². The number of ether oxygens (including phenoxy) is 1. The van der Waals surface area contributed by atoms with Crippen molar-refractivity contribution in [3.8, 4) is 0 Å². The molecule has 0 bridgehead atoms. The summed E-state index contributed by atoms with van der Waals surface area (Å²) in [5, 5.41) is 4.88.